The number of ether oxygens (including phenoxy) is 2. The van der Waals surface area contributed by atoms with E-state index in [-0.39, 0.29) is 47.6 Å². The van der Waals surface area contributed by atoms with Gasteiger partial charge >= 0.3 is 5.97 Å². The normalized spacial score (nSPS) is 11.5. The summed E-state index contributed by atoms with van der Waals surface area (Å²) >= 11 is 6.04. The van der Waals surface area contributed by atoms with Gasteiger partial charge in [-0.3, -0.25) is 0 Å². The van der Waals surface area contributed by atoms with Crippen molar-refractivity contribution in [1.29, 1.82) is 0 Å². The van der Waals surface area contributed by atoms with Crippen LogP contribution < -0.4 is 4.74 Å². The zero-order chi connectivity index (χ0) is 20.7. The Kier molecular flexibility index (Phi) is 7.79. The van der Waals surface area contributed by atoms with E-state index in [2.05, 4.69) is 0 Å². The first-order valence-electron chi connectivity index (χ1n) is 8.64. The Bertz CT molecular complexity index is 914. The number of carbonyl (C=O) groups is 1. The molecule has 28 heavy (non-hydrogen) atoms. The van der Waals surface area contributed by atoms with Gasteiger partial charge in [0.05, 0.1) is 10.6 Å². The maximum Gasteiger partial charge on any atom is 0.338 e. The molecule has 0 radical (unpaired) electrons. The second-order valence-corrected chi connectivity index (χ2v) is 7.99. The zero-order valence-corrected chi connectivity index (χ0v) is 17.1. The number of esters is 1. The molecule has 0 heterocycles. The van der Waals surface area contributed by atoms with E-state index < -0.39 is 16.0 Å². The molecular weight excluding hydrogens is 409 g/mol. The molecule has 0 unspecified atom stereocenters. The van der Waals surface area contributed by atoms with Crippen LogP contribution in [0.25, 0.3) is 0 Å². The molecule has 0 saturated carbocycles. The van der Waals surface area contributed by atoms with Gasteiger partial charge in [-0.25, -0.2) is 17.6 Å². The third-order valence-electron chi connectivity index (χ3n) is 3.89. The Morgan fingerprint density at radius 3 is 2.32 bits per heavy atom. The maximum atomic E-state index is 12.8. The molecule has 0 atom stereocenters. The van der Waals surface area contributed by atoms with Crippen molar-refractivity contribution in [3.8, 4) is 5.75 Å². The number of rotatable bonds is 9. The van der Waals surface area contributed by atoms with Gasteiger partial charge in [0.2, 0.25) is 10.0 Å². The summed E-state index contributed by atoms with van der Waals surface area (Å²) in [4.78, 5) is 12.1. The van der Waals surface area contributed by atoms with Gasteiger partial charge in [-0.05, 0) is 42.5 Å². The van der Waals surface area contributed by atoms with Crippen LogP contribution in [-0.4, -0.2) is 45.0 Å². The first kappa shape index (κ1) is 22.1. The van der Waals surface area contributed by atoms with Crippen LogP contribution >= 0.6 is 11.6 Å². The second-order valence-electron chi connectivity index (χ2n) is 5.67. The number of carbonyl (C=O) groups excluding carboxylic acids is 1. The molecule has 9 heteroatoms. The summed E-state index contributed by atoms with van der Waals surface area (Å²) in [5.41, 5.74) is 0.0666. The summed E-state index contributed by atoms with van der Waals surface area (Å²) in [6, 6.07) is 9.39. The van der Waals surface area contributed by atoms with Crippen molar-refractivity contribution in [3.05, 3.63) is 58.9 Å². The van der Waals surface area contributed by atoms with E-state index in [1.807, 2.05) is 0 Å². The van der Waals surface area contributed by atoms with Gasteiger partial charge in [0.15, 0.2) is 0 Å². The van der Waals surface area contributed by atoms with E-state index in [1.165, 1.54) is 46.8 Å². The van der Waals surface area contributed by atoms with E-state index >= 15 is 0 Å². The molecule has 0 bridgehead atoms. The zero-order valence-electron chi connectivity index (χ0n) is 15.5. The lowest BCUT2D eigenvalue weighted by molar-refractivity contribution is 0.0450. The van der Waals surface area contributed by atoms with Crippen molar-refractivity contribution in [3.63, 3.8) is 0 Å². The fourth-order valence-electron chi connectivity index (χ4n) is 2.44. The standard InChI is InChI=1S/C19H21ClFNO5S/c1-3-22(4-2)28(24,25)18-13-14(5-10-17(18)20)19(23)27-12-11-26-16-8-6-15(21)7-9-16/h5-10,13H,3-4,11-12H2,1-2H3. The first-order chi connectivity index (χ1) is 13.3. The van der Waals surface area contributed by atoms with E-state index in [0.29, 0.717) is 5.75 Å². The molecule has 2 aromatic carbocycles. The summed E-state index contributed by atoms with van der Waals surface area (Å²) in [6.45, 7) is 4.00. The highest BCUT2D eigenvalue weighted by atomic mass is 35.5. The van der Waals surface area contributed by atoms with E-state index in [1.54, 1.807) is 13.8 Å². The third kappa shape index (κ3) is 5.43. The minimum Gasteiger partial charge on any atom is -0.490 e. The predicted octanol–water partition coefficient (Wildman–Crippen LogP) is 3.75. The number of hydrogen-bond donors (Lipinski definition) is 0. The Labute approximate surface area is 168 Å². The Balaban J connectivity index is 2.02. The second kappa shape index (κ2) is 9.86. The van der Waals surface area contributed by atoms with Crippen LogP contribution in [0.2, 0.25) is 5.02 Å². The maximum absolute atomic E-state index is 12.8. The minimum absolute atomic E-state index is 0.0306. The van der Waals surface area contributed by atoms with Gasteiger partial charge in [-0.1, -0.05) is 25.4 Å². The number of halogens is 2. The van der Waals surface area contributed by atoms with Gasteiger partial charge in [0, 0.05) is 13.1 Å². The summed E-state index contributed by atoms with van der Waals surface area (Å²) in [5.74, 6) is -0.635. The summed E-state index contributed by atoms with van der Waals surface area (Å²) in [6.07, 6.45) is 0. The van der Waals surface area contributed by atoms with Crippen molar-refractivity contribution in [2.24, 2.45) is 0 Å². The van der Waals surface area contributed by atoms with Crippen LogP contribution in [0.4, 0.5) is 4.39 Å². The largest absolute Gasteiger partial charge is 0.490 e. The summed E-state index contributed by atoms with van der Waals surface area (Å²) in [5, 5.41) is 0.0306. The molecule has 0 saturated heterocycles. The monoisotopic (exact) mass is 429 g/mol. The highest BCUT2D eigenvalue weighted by molar-refractivity contribution is 7.89. The van der Waals surface area contributed by atoms with Gasteiger partial charge in [-0.2, -0.15) is 4.31 Å². The lowest BCUT2D eigenvalue weighted by atomic mass is 10.2. The van der Waals surface area contributed by atoms with E-state index in [9.17, 15) is 17.6 Å². The lowest BCUT2D eigenvalue weighted by Crippen LogP contribution is -2.31. The highest BCUT2D eigenvalue weighted by Crippen LogP contribution is 2.26. The van der Waals surface area contributed by atoms with Crippen molar-refractivity contribution >= 4 is 27.6 Å². The topological polar surface area (TPSA) is 72.9 Å². The lowest BCUT2D eigenvalue weighted by Gasteiger charge is -2.19. The Hall–Kier alpha value is -2.16. The molecule has 0 aromatic heterocycles. The quantitative estimate of drug-likeness (QED) is 0.448. The Morgan fingerprint density at radius 2 is 1.71 bits per heavy atom. The van der Waals surface area contributed by atoms with Crippen LogP contribution in [0, 0.1) is 5.82 Å². The van der Waals surface area contributed by atoms with Crippen molar-refractivity contribution in [2.75, 3.05) is 26.3 Å². The molecule has 6 nitrogen and oxygen atoms in total. The van der Waals surface area contributed by atoms with Crippen molar-refractivity contribution < 1.29 is 27.1 Å². The fourth-order valence-corrected chi connectivity index (χ4v) is 4.40. The van der Waals surface area contributed by atoms with E-state index in [0.717, 1.165) is 0 Å². The minimum atomic E-state index is -3.81. The summed E-state index contributed by atoms with van der Waals surface area (Å²) in [7, 11) is -3.81. The Morgan fingerprint density at radius 1 is 1.07 bits per heavy atom. The predicted molar refractivity (Wildman–Crippen MR) is 104 cm³/mol. The molecule has 0 fully saturated rings. The van der Waals surface area contributed by atoms with Crippen LogP contribution in [0.15, 0.2) is 47.4 Å². The number of nitrogens with zero attached hydrogens (tertiary/aromatic N) is 1. The van der Waals surface area contributed by atoms with E-state index in [4.69, 9.17) is 21.1 Å². The average Bonchev–Trinajstić information content (AvgIpc) is 2.67. The van der Waals surface area contributed by atoms with Crippen LogP contribution in [0.1, 0.15) is 24.2 Å². The smallest absolute Gasteiger partial charge is 0.338 e. The molecule has 0 aliphatic carbocycles. The molecule has 0 aliphatic rings. The molecule has 0 amide bonds. The van der Waals surface area contributed by atoms with Gasteiger partial charge < -0.3 is 9.47 Å². The molecular formula is C19H21ClFNO5S. The molecule has 0 aliphatic heterocycles. The highest BCUT2D eigenvalue weighted by Gasteiger charge is 2.25. The van der Waals surface area contributed by atoms with Crippen LogP contribution in [0.5, 0.6) is 5.75 Å². The SMILES string of the molecule is CCN(CC)S(=O)(=O)c1cc(C(=O)OCCOc2ccc(F)cc2)ccc1Cl. The number of benzene rings is 2. The number of sulfonamides is 1. The van der Waals surface area contributed by atoms with Gasteiger partial charge in [-0.15, -0.1) is 0 Å². The average molecular weight is 430 g/mol. The molecule has 0 spiro atoms. The van der Waals surface area contributed by atoms with Crippen molar-refractivity contribution in [2.45, 2.75) is 18.7 Å². The van der Waals surface area contributed by atoms with Crippen molar-refractivity contribution in [1.82, 2.24) is 4.31 Å². The first-order valence-corrected chi connectivity index (χ1v) is 10.5. The van der Waals surface area contributed by atoms with Crippen LogP contribution in [-0.2, 0) is 14.8 Å². The molecule has 2 aromatic rings. The van der Waals surface area contributed by atoms with Gasteiger partial charge in [0.25, 0.3) is 0 Å². The molecule has 0 N–H and O–H groups in total. The number of hydrogen-bond acceptors (Lipinski definition) is 5. The summed E-state index contributed by atoms with van der Waals surface area (Å²) < 4.78 is 49.9. The van der Waals surface area contributed by atoms with Gasteiger partial charge in [0.1, 0.15) is 29.7 Å². The third-order valence-corrected chi connectivity index (χ3v) is 6.42. The molecule has 152 valence electrons. The fraction of sp³-hybridized carbons (Fsp3) is 0.316. The molecule has 2 rings (SSSR count). The van der Waals surface area contributed by atoms with Crippen LogP contribution in [0.3, 0.4) is 0 Å².